The first-order chi connectivity index (χ1) is 1.73. The predicted octanol–water partition coefficient (Wildman–Crippen LogP) is 1.78. The Labute approximate surface area is 39.8 Å². The molecule has 1 nitrogen and oxygen atoms in total. The summed E-state index contributed by atoms with van der Waals surface area (Å²) in [7, 11) is 0. The van der Waals surface area contributed by atoms with E-state index in [1.807, 2.05) is 0 Å². The summed E-state index contributed by atoms with van der Waals surface area (Å²) in [6, 6.07) is 0. The van der Waals surface area contributed by atoms with E-state index < -0.39 is 0 Å². The molecule has 0 aliphatic rings. The van der Waals surface area contributed by atoms with E-state index in [1.165, 1.54) is 0 Å². The lowest BCUT2D eigenvalue weighted by atomic mass is 11.8. The standard InChI is InChI=1S/3CH3.Al.H3N.H2/h3*1H3;;1H3;1H. The Hall–Kier alpha value is 0.492. The molecule has 0 bridgehead atoms. The van der Waals surface area contributed by atoms with Gasteiger partial charge in [-0.1, -0.05) is 0 Å². The Balaban J connectivity index is -0.0000000450. The van der Waals surface area contributed by atoms with Crippen molar-refractivity contribution in [2.45, 2.75) is 17.4 Å². The first kappa shape index (κ1) is 9.09. The minimum atomic E-state index is -0.139. The molecule has 0 atom stereocenters. The summed E-state index contributed by atoms with van der Waals surface area (Å²) in [6.07, 6.45) is 0. The molecule has 0 aromatic carbocycles. The normalized spacial score (nSPS) is 5.40. The fourth-order valence-corrected chi connectivity index (χ4v) is 0. The maximum Gasteiger partial charge on any atom is 0.251 e. The van der Waals surface area contributed by atoms with Gasteiger partial charge in [0.2, 0.25) is 0 Å². The van der Waals surface area contributed by atoms with Crippen LogP contribution in [0.25, 0.3) is 0 Å². The van der Waals surface area contributed by atoms with Crippen molar-refractivity contribution in [1.29, 1.82) is 0 Å². The summed E-state index contributed by atoms with van der Waals surface area (Å²) in [6.45, 7) is 0. The molecule has 0 heterocycles. The van der Waals surface area contributed by atoms with Gasteiger partial charge in [-0.3, -0.25) is 0 Å². The van der Waals surface area contributed by atoms with E-state index in [1.54, 1.807) is 0 Å². The van der Waals surface area contributed by atoms with Crippen molar-refractivity contribution in [3.05, 3.63) is 0 Å². The molecule has 5 heavy (non-hydrogen) atoms. The van der Waals surface area contributed by atoms with Crippen molar-refractivity contribution >= 4 is 14.1 Å². The topological polar surface area (TPSA) is 35.0 Å². The zero-order valence-electron chi connectivity index (χ0n) is 4.28. The molecular weight excluding hydrogens is 77.0 g/mol. The van der Waals surface area contributed by atoms with Gasteiger partial charge in [-0.15, -0.1) is 17.4 Å². The summed E-state index contributed by atoms with van der Waals surface area (Å²) < 4.78 is 0. The summed E-state index contributed by atoms with van der Waals surface area (Å²) in [5.74, 6) is 6.92. The van der Waals surface area contributed by atoms with E-state index in [4.69, 9.17) is 0 Å². The van der Waals surface area contributed by atoms with Gasteiger partial charge in [0.1, 0.15) is 0 Å². The van der Waals surface area contributed by atoms with Crippen molar-refractivity contribution in [2.24, 2.45) is 0 Å². The van der Waals surface area contributed by atoms with E-state index >= 15 is 0 Å². The van der Waals surface area contributed by atoms with Gasteiger partial charge in [0.15, 0.2) is 0 Å². The Morgan fingerprint density at radius 1 is 1.20 bits per heavy atom. The van der Waals surface area contributed by atoms with Crippen molar-refractivity contribution in [2.75, 3.05) is 0 Å². The van der Waals surface area contributed by atoms with E-state index in [2.05, 4.69) is 17.4 Å². The van der Waals surface area contributed by atoms with Crippen LogP contribution < -0.4 is 6.15 Å². The van der Waals surface area contributed by atoms with Gasteiger partial charge >= 0.3 is 0 Å². The molecule has 34 valence electrons. The third-order valence-corrected chi connectivity index (χ3v) is 0. The largest absolute Gasteiger partial charge is 0.344 e. The van der Waals surface area contributed by atoms with Gasteiger partial charge in [0.25, 0.3) is 14.1 Å². The maximum atomic E-state index is 2.31. The maximum absolute atomic E-state index is 2.31. The smallest absolute Gasteiger partial charge is 0.251 e. The van der Waals surface area contributed by atoms with Crippen LogP contribution in [0.15, 0.2) is 0 Å². The van der Waals surface area contributed by atoms with Crippen LogP contribution in [0.5, 0.6) is 0 Å². The zero-order chi connectivity index (χ0) is 3.58. The molecule has 0 fully saturated rings. The van der Waals surface area contributed by atoms with E-state index in [9.17, 15) is 0 Å². The zero-order valence-corrected chi connectivity index (χ0v) is 5.44. The molecule has 0 aromatic rings. The predicted molar refractivity (Wildman–Crippen MR) is 30.5 cm³/mol. The molecule has 0 rings (SSSR count). The second-order valence-corrected chi connectivity index (χ2v) is 5.20. The molecule has 0 amide bonds. The van der Waals surface area contributed by atoms with Crippen molar-refractivity contribution in [3.8, 4) is 0 Å². The van der Waals surface area contributed by atoms with Gasteiger partial charge in [-0.2, -0.15) is 0 Å². The Bertz CT molecular complexity index is 15.5. The van der Waals surface area contributed by atoms with Crippen LogP contribution >= 0.6 is 0 Å². The molecule has 3 N–H and O–H groups in total. The van der Waals surface area contributed by atoms with E-state index in [-0.39, 0.29) is 21.7 Å². The van der Waals surface area contributed by atoms with Crippen LogP contribution in [-0.4, -0.2) is 14.1 Å². The van der Waals surface area contributed by atoms with Crippen LogP contribution in [0.2, 0.25) is 17.4 Å². The Kier molecular flexibility index (Phi) is 8.17. The summed E-state index contributed by atoms with van der Waals surface area (Å²) in [5, 5.41) is 0. The average Bonchev–Trinajstić information content (AvgIpc) is 0.811. The van der Waals surface area contributed by atoms with Gasteiger partial charge in [-0.25, -0.2) is 0 Å². The van der Waals surface area contributed by atoms with Crippen LogP contribution in [-0.2, 0) is 0 Å². The van der Waals surface area contributed by atoms with Crippen molar-refractivity contribution in [1.82, 2.24) is 6.15 Å². The molecule has 0 radical (unpaired) electrons. The van der Waals surface area contributed by atoms with Gasteiger partial charge in [-0.05, 0) is 0 Å². The molecule has 0 spiro atoms. The van der Waals surface area contributed by atoms with Crippen molar-refractivity contribution < 1.29 is 1.43 Å². The highest BCUT2D eigenvalue weighted by Gasteiger charge is 1.81. The van der Waals surface area contributed by atoms with Crippen molar-refractivity contribution in [3.63, 3.8) is 0 Å². The second kappa shape index (κ2) is 4.49. The van der Waals surface area contributed by atoms with Crippen LogP contribution in [0.1, 0.15) is 1.43 Å². The highest BCUT2D eigenvalue weighted by molar-refractivity contribution is 6.54. The first-order valence-corrected chi connectivity index (χ1v) is 5.20. The molecule has 0 aliphatic heterocycles. The molecule has 0 saturated heterocycles. The summed E-state index contributed by atoms with van der Waals surface area (Å²) in [5.41, 5.74) is 0. The Morgan fingerprint density at radius 2 is 1.20 bits per heavy atom. The first-order valence-electron chi connectivity index (χ1n) is 1.73. The average molecular weight is 91.1 g/mol. The quantitative estimate of drug-likeness (QED) is 0.453. The third kappa shape index (κ3) is 115. The van der Waals surface area contributed by atoms with E-state index in [0.29, 0.717) is 0 Å². The number of rotatable bonds is 0. The molecular formula is C3H14AlN. The van der Waals surface area contributed by atoms with Crippen LogP contribution in [0, 0.1) is 0 Å². The number of hydrogen-bond donors (Lipinski definition) is 1. The highest BCUT2D eigenvalue weighted by Crippen LogP contribution is 1.68. The monoisotopic (exact) mass is 91.1 g/mol. The van der Waals surface area contributed by atoms with E-state index in [0.717, 1.165) is 0 Å². The summed E-state index contributed by atoms with van der Waals surface area (Å²) >= 11 is -0.139. The third-order valence-electron chi connectivity index (χ3n) is 0. The van der Waals surface area contributed by atoms with Crippen LogP contribution in [0.3, 0.4) is 0 Å². The van der Waals surface area contributed by atoms with Gasteiger partial charge in [0, 0.05) is 1.43 Å². The fraction of sp³-hybridized carbons (Fsp3) is 1.00. The lowest BCUT2D eigenvalue weighted by Gasteiger charge is -1.67. The number of hydrogen-bond acceptors (Lipinski definition) is 1. The molecule has 2 heteroatoms. The van der Waals surface area contributed by atoms with Crippen LogP contribution in [0.4, 0.5) is 0 Å². The minimum absolute atomic E-state index is 0. The molecule has 0 saturated carbocycles. The fourth-order valence-electron chi connectivity index (χ4n) is 0. The summed E-state index contributed by atoms with van der Waals surface area (Å²) in [4.78, 5) is 0. The SMILES string of the molecule is N.[CH3][Al]([CH3])[CH3].[HH]. The second-order valence-electron chi connectivity index (χ2n) is 1.73. The lowest BCUT2D eigenvalue weighted by Crippen LogP contribution is -1.84. The minimum Gasteiger partial charge on any atom is -0.344 e. The molecule has 0 aromatic heterocycles. The lowest BCUT2D eigenvalue weighted by molar-refractivity contribution is 1.91. The molecule has 0 unspecified atom stereocenters. The molecule has 0 aliphatic carbocycles. The Morgan fingerprint density at radius 3 is 1.20 bits per heavy atom. The van der Waals surface area contributed by atoms with Gasteiger partial charge < -0.3 is 6.15 Å². The highest BCUT2D eigenvalue weighted by atomic mass is 27.2. The van der Waals surface area contributed by atoms with Gasteiger partial charge in [0.05, 0.1) is 0 Å².